The molecule has 2 aromatic rings. The second-order valence-corrected chi connectivity index (χ2v) is 5.92. The highest BCUT2D eigenvalue weighted by atomic mass is 16.5. The van der Waals surface area contributed by atoms with E-state index < -0.39 is 11.9 Å². The van der Waals surface area contributed by atoms with Crippen molar-refractivity contribution in [3.05, 3.63) is 47.3 Å². The van der Waals surface area contributed by atoms with Gasteiger partial charge in [-0.1, -0.05) is 0 Å². The third kappa shape index (κ3) is 4.26. The summed E-state index contributed by atoms with van der Waals surface area (Å²) in [5, 5.41) is 11.8. The van der Waals surface area contributed by atoms with Gasteiger partial charge >= 0.3 is 5.97 Å². The van der Waals surface area contributed by atoms with Gasteiger partial charge in [-0.3, -0.25) is 9.59 Å². The van der Waals surface area contributed by atoms with Gasteiger partial charge < -0.3 is 19.7 Å². The average molecular weight is 344 g/mol. The molecule has 0 saturated carbocycles. The lowest BCUT2D eigenvalue weighted by atomic mass is 10.1. The molecular formula is C18H20N2O5. The van der Waals surface area contributed by atoms with Gasteiger partial charge in [0.05, 0.1) is 17.4 Å². The van der Waals surface area contributed by atoms with E-state index in [-0.39, 0.29) is 28.8 Å². The Morgan fingerprint density at radius 1 is 1.16 bits per heavy atom. The predicted octanol–water partition coefficient (Wildman–Crippen LogP) is 2.97. The Hall–Kier alpha value is -3.09. The third-order valence-electron chi connectivity index (χ3n) is 3.48. The van der Waals surface area contributed by atoms with Crippen LogP contribution in [0, 0.1) is 0 Å². The fourth-order valence-electron chi connectivity index (χ4n) is 2.29. The van der Waals surface area contributed by atoms with Crippen LogP contribution in [0.15, 0.2) is 30.5 Å². The van der Waals surface area contributed by atoms with Crippen LogP contribution < -0.4 is 10.1 Å². The number of Topliss-reactive ketones (excluding diaryl/α,β-unsaturated/α-hetero) is 1. The van der Waals surface area contributed by atoms with Crippen LogP contribution in [0.4, 0.5) is 5.69 Å². The molecule has 0 fully saturated rings. The second-order valence-electron chi connectivity index (χ2n) is 5.92. The number of aromatic nitrogens is 1. The summed E-state index contributed by atoms with van der Waals surface area (Å²) >= 11 is 0. The fourth-order valence-corrected chi connectivity index (χ4v) is 2.29. The zero-order valence-electron chi connectivity index (χ0n) is 14.5. The number of amides is 1. The SMILES string of the molecule is CC(=O)c1cc(C(=O)Nc2cc(C(=O)O)ccc2OC(C)C)n(C)c1. The molecule has 0 spiro atoms. The highest BCUT2D eigenvalue weighted by molar-refractivity contribution is 6.06. The first-order chi connectivity index (χ1) is 11.7. The van der Waals surface area contributed by atoms with Crippen LogP contribution >= 0.6 is 0 Å². The van der Waals surface area contributed by atoms with Crippen LogP contribution in [0.1, 0.15) is 52.0 Å². The standard InChI is InChI=1S/C18H20N2O5/c1-10(2)25-16-6-5-12(18(23)24)7-14(16)19-17(22)15-8-13(11(3)21)9-20(15)4/h5-10H,1-4H3,(H,19,22)(H,23,24). The van der Waals surface area contributed by atoms with Crippen LogP contribution in [0.5, 0.6) is 5.75 Å². The number of hydrogen-bond acceptors (Lipinski definition) is 4. The highest BCUT2D eigenvalue weighted by Gasteiger charge is 2.17. The first kappa shape index (κ1) is 18.3. The van der Waals surface area contributed by atoms with Crippen LogP contribution in [0.25, 0.3) is 0 Å². The summed E-state index contributed by atoms with van der Waals surface area (Å²) in [4.78, 5) is 35.2. The lowest BCUT2D eigenvalue weighted by molar-refractivity contribution is 0.0696. The monoisotopic (exact) mass is 344 g/mol. The molecule has 1 aromatic heterocycles. The van der Waals surface area contributed by atoms with Crippen molar-refractivity contribution in [3.63, 3.8) is 0 Å². The maximum absolute atomic E-state index is 12.5. The van der Waals surface area contributed by atoms with E-state index in [2.05, 4.69) is 5.32 Å². The quantitative estimate of drug-likeness (QED) is 0.785. The Morgan fingerprint density at radius 3 is 2.36 bits per heavy atom. The van der Waals surface area contributed by atoms with Gasteiger partial charge in [0, 0.05) is 18.8 Å². The van der Waals surface area contributed by atoms with E-state index in [1.807, 2.05) is 13.8 Å². The largest absolute Gasteiger partial charge is 0.489 e. The zero-order chi connectivity index (χ0) is 18.7. The normalized spacial score (nSPS) is 10.6. The van der Waals surface area contributed by atoms with Crippen molar-refractivity contribution in [3.8, 4) is 5.75 Å². The molecule has 1 amide bonds. The number of carbonyl (C=O) groups excluding carboxylic acids is 2. The lowest BCUT2D eigenvalue weighted by Gasteiger charge is -2.15. The lowest BCUT2D eigenvalue weighted by Crippen LogP contribution is -2.17. The number of hydrogen-bond donors (Lipinski definition) is 2. The number of ether oxygens (including phenoxy) is 1. The predicted molar refractivity (Wildman–Crippen MR) is 92.5 cm³/mol. The van der Waals surface area contributed by atoms with Crippen molar-refractivity contribution >= 4 is 23.3 Å². The van der Waals surface area contributed by atoms with Gasteiger partial charge in [0.15, 0.2) is 5.78 Å². The average Bonchev–Trinajstić information content (AvgIpc) is 2.90. The van der Waals surface area contributed by atoms with Crippen molar-refractivity contribution in [1.29, 1.82) is 0 Å². The Kier molecular flexibility index (Phi) is 5.26. The first-order valence-corrected chi connectivity index (χ1v) is 7.71. The summed E-state index contributed by atoms with van der Waals surface area (Å²) in [6.45, 7) is 5.07. The van der Waals surface area contributed by atoms with Crippen LogP contribution in [-0.4, -0.2) is 33.4 Å². The maximum Gasteiger partial charge on any atom is 0.335 e. The number of carboxylic acids is 1. The summed E-state index contributed by atoms with van der Waals surface area (Å²) < 4.78 is 7.16. The van der Waals surface area contributed by atoms with E-state index >= 15 is 0 Å². The summed E-state index contributed by atoms with van der Waals surface area (Å²) in [6, 6.07) is 5.74. The number of ketones is 1. The van der Waals surface area contributed by atoms with Gasteiger partial charge in [0.1, 0.15) is 11.4 Å². The summed E-state index contributed by atoms with van der Waals surface area (Å²) in [5.41, 5.74) is 0.985. The number of nitrogens with zero attached hydrogens (tertiary/aromatic N) is 1. The zero-order valence-corrected chi connectivity index (χ0v) is 14.5. The van der Waals surface area contributed by atoms with Crippen LogP contribution in [0.3, 0.4) is 0 Å². The van der Waals surface area contributed by atoms with Crippen LogP contribution in [0.2, 0.25) is 0 Å². The minimum Gasteiger partial charge on any atom is -0.489 e. The van der Waals surface area contributed by atoms with E-state index in [1.54, 1.807) is 13.2 Å². The molecule has 0 bridgehead atoms. The number of carbonyl (C=O) groups is 3. The molecule has 2 N–H and O–H groups in total. The van der Waals surface area contributed by atoms with Gasteiger partial charge in [0.25, 0.3) is 5.91 Å². The topological polar surface area (TPSA) is 97.6 Å². The van der Waals surface area contributed by atoms with Gasteiger partial charge in [-0.05, 0) is 45.0 Å². The molecule has 2 rings (SSSR count). The summed E-state index contributed by atoms with van der Waals surface area (Å²) in [5.74, 6) is -1.35. The molecule has 7 heteroatoms. The molecule has 7 nitrogen and oxygen atoms in total. The smallest absolute Gasteiger partial charge is 0.335 e. The number of carboxylic acid groups (broad SMARTS) is 1. The molecule has 0 aliphatic carbocycles. The number of rotatable bonds is 6. The molecule has 25 heavy (non-hydrogen) atoms. The Bertz CT molecular complexity index is 836. The van der Waals surface area contributed by atoms with Crippen molar-refractivity contribution < 1.29 is 24.2 Å². The van der Waals surface area contributed by atoms with Crippen molar-refractivity contribution in [2.24, 2.45) is 7.05 Å². The molecule has 0 aliphatic rings. The Morgan fingerprint density at radius 2 is 1.84 bits per heavy atom. The fraction of sp³-hybridized carbons (Fsp3) is 0.278. The Labute approximate surface area is 145 Å². The third-order valence-corrected chi connectivity index (χ3v) is 3.48. The second kappa shape index (κ2) is 7.21. The van der Waals surface area contributed by atoms with Gasteiger partial charge in [-0.2, -0.15) is 0 Å². The molecule has 0 saturated heterocycles. The maximum atomic E-state index is 12.5. The molecule has 0 atom stereocenters. The molecular weight excluding hydrogens is 324 g/mol. The van der Waals surface area contributed by atoms with Crippen molar-refractivity contribution in [2.75, 3.05) is 5.32 Å². The highest BCUT2D eigenvalue weighted by Crippen LogP contribution is 2.27. The van der Waals surface area contributed by atoms with E-state index in [9.17, 15) is 14.4 Å². The number of benzene rings is 1. The molecule has 1 heterocycles. The van der Waals surface area contributed by atoms with Gasteiger partial charge in [0.2, 0.25) is 0 Å². The van der Waals surface area contributed by atoms with E-state index in [1.165, 1.54) is 35.8 Å². The van der Waals surface area contributed by atoms with Gasteiger partial charge in [-0.15, -0.1) is 0 Å². The van der Waals surface area contributed by atoms with Crippen LogP contribution in [-0.2, 0) is 7.05 Å². The molecule has 0 radical (unpaired) electrons. The first-order valence-electron chi connectivity index (χ1n) is 7.71. The molecule has 132 valence electrons. The van der Waals surface area contributed by atoms with Crippen molar-refractivity contribution in [1.82, 2.24) is 4.57 Å². The Balaban J connectivity index is 2.37. The number of aromatic carboxylic acids is 1. The molecule has 1 aromatic carbocycles. The minimum absolute atomic E-state index is 0.0303. The summed E-state index contributed by atoms with van der Waals surface area (Å²) in [7, 11) is 1.65. The number of nitrogens with one attached hydrogen (secondary N) is 1. The van der Waals surface area contributed by atoms with E-state index in [4.69, 9.17) is 9.84 Å². The molecule has 0 aliphatic heterocycles. The molecule has 0 unspecified atom stereocenters. The van der Waals surface area contributed by atoms with Gasteiger partial charge in [-0.25, -0.2) is 4.79 Å². The number of anilines is 1. The van der Waals surface area contributed by atoms with E-state index in [0.717, 1.165) is 0 Å². The van der Waals surface area contributed by atoms with Crippen molar-refractivity contribution in [2.45, 2.75) is 26.9 Å². The summed E-state index contributed by atoms with van der Waals surface area (Å²) in [6.07, 6.45) is 1.42. The minimum atomic E-state index is -1.11. The van der Waals surface area contributed by atoms with E-state index in [0.29, 0.717) is 11.3 Å². The number of aryl methyl sites for hydroxylation is 1.